The quantitative estimate of drug-likeness (QED) is 0.564. The first-order chi connectivity index (χ1) is 8.20. The third kappa shape index (κ3) is 1.43. The van der Waals surface area contributed by atoms with Crippen molar-refractivity contribution >= 4 is 28.7 Å². The summed E-state index contributed by atoms with van der Waals surface area (Å²) in [5.41, 5.74) is 1.62. The predicted molar refractivity (Wildman–Crippen MR) is 63.7 cm³/mol. The zero-order valence-electron chi connectivity index (χ0n) is 8.61. The Hall–Kier alpha value is -1.86. The molecule has 1 aromatic heterocycles. The lowest BCUT2D eigenvalue weighted by molar-refractivity contribution is 0.629. The monoisotopic (exact) mass is 247 g/mol. The molecule has 0 fully saturated rings. The summed E-state index contributed by atoms with van der Waals surface area (Å²) in [5.74, 6) is -0.776. The summed E-state index contributed by atoms with van der Waals surface area (Å²) in [5, 5.41) is 9.72. The minimum atomic E-state index is -0.565. The van der Waals surface area contributed by atoms with Gasteiger partial charge in [-0.2, -0.15) is 5.26 Å². The molecule has 0 spiro atoms. The van der Waals surface area contributed by atoms with Crippen LogP contribution in [0, 0.1) is 17.1 Å². The smallest absolute Gasteiger partial charge is 0.150 e. The van der Waals surface area contributed by atoms with Crippen molar-refractivity contribution < 1.29 is 4.39 Å². The van der Waals surface area contributed by atoms with Crippen molar-refractivity contribution in [3.63, 3.8) is 0 Å². The van der Waals surface area contributed by atoms with E-state index in [9.17, 15) is 4.39 Å². The second-order valence-electron chi connectivity index (χ2n) is 3.88. The molecule has 2 aromatic rings. The molecule has 0 saturated carbocycles. The van der Waals surface area contributed by atoms with Crippen molar-refractivity contribution in [1.82, 2.24) is 4.98 Å². The number of aromatic amines is 1. The number of aliphatic imine (C=N–C) groups is 1. The predicted octanol–water partition coefficient (Wildman–Crippen LogP) is 3.24. The highest BCUT2D eigenvalue weighted by molar-refractivity contribution is 6.22. The average molecular weight is 248 g/mol. The Balaban J connectivity index is 2.35. The van der Waals surface area contributed by atoms with Crippen LogP contribution in [0.1, 0.15) is 22.7 Å². The van der Waals surface area contributed by atoms with Crippen LogP contribution in [0.15, 0.2) is 23.2 Å². The van der Waals surface area contributed by atoms with E-state index in [-0.39, 0.29) is 5.82 Å². The van der Waals surface area contributed by atoms with Crippen molar-refractivity contribution in [1.29, 1.82) is 5.26 Å². The Morgan fingerprint density at radius 3 is 3.06 bits per heavy atom. The van der Waals surface area contributed by atoms with Gasteiger partial charge in [-0.3, -0.25) is 4.99 Å². The molecule has 1 aliphatic heterocycles. The molecular formula is C12H7ClFN3. The molecular weight excluding hydrogens is 241 g/mol. The zero-order chi connectivity index (χ0) is 12.0. The first-order valence-corrected chi connectivity index (χ1v) is 5.52. The number of rotatable bonds is 0. The maximum atomic E-state index is 13.2. The van der Waals surface area contributed by atoms with Gasteiger partial charge in [0.25, 0.3) is 0 Å². The second-order valence-corrected chi connectivity index (χ2v) is 4.30. The molecule has 0 bridgehead atoms. The molecule has 0 amide bonds. The lowest BCUT2D eigenvalue weighted by Crippen LogP contribution is -2.08. The number of nitriles is 1. The number of H-pyrrole nitrogens is 1. The fourth-order valence-electron chi connectivity index (χ4n) is 2.12. The number of halogens is 2. The Morgan fingerprint density at radius 1 is 1.47 bits per heavy atom. The van der Waals surface area contributed by atoms with E-state index in [1.165, 1.54) is 18.3 Å². The summed E-state index contributed by atoms with van der Waals surface area (Å²) in [6.07, 6.45) is 1.52. The van der Waals surface area contributed by atoms with Crippen LogP contribution in [-0.2, 0) is 0 Å². The van der Waals surface area contributed by atoms with Gasteiger partial charge in [0.2, 0.25) is 0 Å². The number of nitrogens with zero attached hydrogens (tertiary/aromatic N) is 2. The third-order valence-corrected chi connectivity index (χ3v) is 3.22. The van der Waals surface area contributed by atoms with Gasteiger partial charge >= 0.3 is 0 Å². The first-order valence-electron chi connectivity index (χ1n) is 5.08. The third-order valence-electron chi connectivity index (χ3n) is 2.89. The van der Waals surface area contributed by atoms with Crippen LogP contribution in [0.5, 0.6) is 0 Å². The van der Waals surface area contributed by atoms with Crippen molar-refractivity contribution in [2.24, 2.45) is 4.99 Å². The highest BCUT2D eigenvalue weighted by atomic mass is 35.5. The van der Waals surface area contributed by atoms with E-state index < -0.39 is 11.4 Å². The molecule has 84 valence electrons. The summed E-state index contributed by atoms with van der Waals surface area (Å²) in [4.78, 5) is 7.16. The van der Waals surface area contributed by atoms with Crippen molar-refractivity contribution in [3.05, 3.63) is 35.3 Å². The summed E-state index contributed by atoms with van der Waals surface area (Å²) in [6, 6.07) is 6.55. The van der Waals surface area contributed by atoms with Crippen LogP contribution in [0.3, 0.4) is 0 Å². The van der Waals surface area contributed by atoms with Crippen LogP contribution in [0.4, 0.5) is 4.39 Å². The number of nitrogens with one attached hydrogen (secondary N) is 1. The molecule has 17 heavy (non-hydrogen) atoms. The number of fused-ring (bicyclic) bond motifs is 3. The van der Waals surface area contributed by atoms with Gasteiger partial charge < -0.3 is 4.98 Å². The Bertz CT molecular complexity index is 668. The molecule has 3 rings (SSSR count). The highest BCUT2D eigenvalue weighted by Gasteiger charge is 2.27. The fraction of sp³-hybridized carbons (Fsp3) is 0.167. The second kappa shape index (κ2) is 3.57. The largest absolute Gasteiger partial charge is 0.357 e. The zero-order valence-corrected chi connectivity index (χ0v) is 9.37. The van der Waals surface area contributed by atoms with E-state index in [0.717, 1.165) is 5.52 Å². The van der Waals surface area contributed by atoms with Crippen molar-refractivity contribution in [2.45, 2.75) is 11.4 Å². The summed E-state index contributed by atoms with van der Waals surface area (Å²) in [6.45, 7) is 0. The molecule has 2 unspecified atom stereocenters. The molecule has 1 N–H and O–H groups in total. The molecule has 2 heterocycles. The number of hydrogen-bond acceptors (Lipinski definition) is 2. The summed E-state index contributed by atoms with van der Waals surface area (Å²) < 4.78 is 13.2. The minimum Gasteiger partial charge on any atom is -0.357 e. The molecule has 5 heteroatoms. The normalized spacial score (nSPS) is 22.4. The molecule has 1 aromatic carbocycles. The van der Waals surface area contributed by atoms with E-state index in [0.29, 0.717) is 16.6 Å². The van der Waals surface area contributed by atoms with E-state index >= 15 is 0 Å². The molecule has 0 saturated heterocycles. The first kappa shape index (κ1) is 10.3. The van der Waals surface area contributed by atoms with Crippen LogP contribution in [0.2, 0.25) is 0 Å². The Labute approximate surface area is 102 Å². The maximum absolute atomic E-state index is 13.2. The van der Waals surface area contributed by atoms with E-state index in [1.807, 2.05) is 0 Å². The van der Waals surface area contributed by atoms with E-state index in [1.54, 1.807) is 6.07 Å². The lowest BCUT2D eigenvalue weighted by atomic mass is 10.00. The molecule has 2 atom stereocenters. The molecule has 1 aliphatic rings. The van der Waals surface area contributed by atoms with Gasteiger partial charge in [-0.15, -0.1) is 0 Å². The fourth-order valence-corrected chi connectivity index (χ4v) is 2.42. The van der Waals surface area contributed by atoms with Gasteiger partial charge in [0.05, 0.1) is 6.07 Å². The maximum Gasteiger partial charge on any atom is 0.150 e. The molecule has 3 nitrogen and oxygen atoms in total. The van der Waals surface area contributed by atoms with Crippen molar-refractivity contribution in [2.75, 3.05) is 0 Å². The Morgan fingerprint density at radius 2 is 2.29 bits per heavy atom. The summed E-state index contributed by atoms with van der Waals surface area (Å²) in [7, 11) is 0. The van der Waals surface area contributed by atoms with Crippen LogP contribution in [-0.4, -0.2) is 11.2 Å². The van der Waals surface area contributed by atoms with Gasteiger partial charge in [0, 0.05) is 28.4 Å². The van der Waals surface area contributed by atoms with Gasteiger partial charge in [-0.05, 0) is 18.2 Å². The van der Waals surface area contributed by atoms with Gasteiger partial charge in [0.15, 0.2) is 5.50 Å². The highest BCUT2D eigenvalue weighted by Crippen LogP contribution is 2.38. The van der Waals surface area contributed by atoms with Gasteiger partial charge in [-0.1, -0.05) is 11.6 Å². The van der Waals surface area contributed by atoms with Crippen LogP contribution >= 0.6 is 11.6 Å². The van der Waals surface area contributed by atoms with E-state index in [4.69, 9.17) is 16.9 Å². The summed E-state index contributed by atoms with van der Waals surface area (Å²) >= 11 is 6.09. The average Bonchev–Trinajstić information content (AvgIpc) is 2.69. The minimum absolute atomic E-state index is 0.328. The number of benzene rings is 1. The van der Waals surface area contributed by atoms with E-state index in [2.05, 4.69) is 16.0 Å². The molecule has 0 aliphatic carbocycles. The lowest BCUT2D eigenvalue weighted by Gasteiger charge is -2.14. The molecule has 0 radical (unpaired) electrons. The van der Waals surface area contributed by atoms with Gasteiger partial charge in [0.1, 0.15) is 11.7 Å². The number of aromatic nitrogens is 1. The van der Waals surface area contributed by atoms with Crippen LogP contribution < -0.4 is 0 Å². The SMILES string of the molecule is N#CC1C=NC(Cl)c2c1[nH]c1ccc(F)cc21. The van der Waals surface area contributed by atoms with Crippen molar-refractivity contribution in [3.8, 4) is 6.07 Å². The number of hydrogen-bond donors (Lipinski definition) is 1. The number of alkyl halides is 1. The van der Waals surface area contributed by atoms with Crippen LogP contribution in [0.25, 0.3) is 10.9 Å². The Kier molecular flexibility index (Phi) is 2.17. The topological polar surface area (TPSA) is 51.9 Å². The standard InChI is InChI=1S/C12H7ClFN3/c13-12-10-8-3-7(14)1-2-9(8)17-11(10)6(4-15)5-16-12/h1-3,5-6,12,17H. The van der Waals surface area contributed by atoms with Gasteiger partial charge in [-0.25, -0.2) is 4.39 Å².